The molecule has 0 saturated carbocycles. The third-order valence-electron chi connectivity index (χ3n) is 2.69. The predicted octanol–water partition coefficient (Wildman–Crippen LogP) is 0.166. The van der Waals surface area contributed by atoms with Crippen LogP contribution < -0.4 is 10.3 Å². The highest BCUT2D eigenvalue weighted by molar-refractivity contribution is 7.99. The average molecular weight is 223 g/mol. The zero-order valence-electron chi connectivity index (χ0n) is 8.39. The van der Waals surface area contributed by atoms with Gasteiger partial charge >= 0.3 is 0 Å². The van der Waals surface area contributed by atoms with Crippen LogP contribution in [0.25, 0.3) is 0 Å². The van der Waals surface area contributed by atoms with Crippen molar-refractivity contribution in [2.24, 2.45) is 0 Å². The molecule has 6 heteroatoms. The fourth-order valence-electron chi connectivity index (χ4n) is 1.92. The Morgan fingerprint density at radius 3 is 3.07 bits per heavy atom. The molecule has 3 rings (SSSR count). The number of nitrogens with one attached hydrogen (secondary N) is 1. The maximum atomic E-state index is 4.27. The lowest BCUT2D eigenvalue weighted by atomic mass is 10.4. The Morgan fingerprint density at radius 2 is 2.20 bits per heavy atom. The molecular weight excluding hydrogens is 210 g/mol. The standard InChI is InChI=1S/C9H13N5S/c1-3-13(4-2-10-1)14-7-15-9-8(14)5-11-6-12-9/h5-6,10H,1-4,7H2. The Morgan fingerprint density at radius 1 is 1.33 bits per heavy atom. The van der Waals surface area contributed by atoms with Gasteiger partial charge in [-0.15, -0.1) is 0 Å². The number of anilines is 1. The van der Waals surface area contributed by atoms with Gasteiger partial charge in [-0.1, -0.05) is 11.8 Å². The molecule has 2 aliphatic rings. The zero-order chi connectivity index (χ0) is 10.1. The van der Waals surface area contributed by atoms with Crippen LogP contribution in [0.2, 0.25) is 0 Å². The van der Waals surface area contributed by atoms with Gasteiger partial charge in [-0.25, -0.2) is 15.0 Å². The van der Waals surface area contributed by atoms with Gasteiger partial charge in [0.25, 0.3) is 0 Å². The number of hydrazine groups is 1. The van der Waals surface area contributed by atoms with E-state index >= 15 is 0 Å². The highest BCUT2D eigenvalue weighted by Crippen LogP contribution is 2.36. The highest BCUT2D eigenvalue weighted by atomic mass is 32.2. The van der Waals surface area contributed by atoms with Gasteiger partial charge in [-0.3, -0.25) is 5.01 Å². The van der Waals surface area contributed by atoms with Gasteiger partial charge in [0.1, 0.15) is 17.0 Å². The van der Waals surface area contributed by atoms with Gasteiger partial charge in [0.2, 0.25) is 0 Å². The molecule has 0 aliphatic carbocycles. The van der Waals surface area contributed by atoms with Crippen LogP contribution in [0.4, 0.5) is 5.69 Å². The Hall–Kier alpha value is -0.850. The summed E-state index contributed by atoms with van der Waals surface area (Å²) in [6.45, 7) is 4.25. The van der Waals surface area contributed by atoms with Crippen LogP contribution in [0.5, 0.6) is 0 Å². The molecule has 0 unspecified atom stereocenters. The Labute approximate surface area is 92.8 Å². The fourth-order valence-corrected chi connectivity index (χ4v) is 2.89. The SMILES string of the molecule is c1ncc2c(n1)SCN2N1CCNCC1. The summed E-state index contributed by atoms with van der Waals surface area (Å²) in [6.07, 6.45) is 3.53. The minimum Gasteiger partial charge on any atom is -0.314 e. The van der Waals surface area contributed by atoms with E-state index in [1.54, 1.807) is 18.1 Å². The summed E-state index contributed by atoms with van der Waals surface area (Å²) in [5.74, 6) is 0.966. The molecule has 3 heterocycles. The normalized spacial score (nSPS) is 21.7. The number of fused-ring (bicyclic) bond motifs is 1. The van der Waals surface area contributed by atoms with E-state index in [-0.39, 0.29) is 0 Å². The van der Waals surface area contributed by atoms with Crippen LogP contribution >= 0.6 is 11.8 Å². The van der Waals surface area contributed by atoms with E-state index in [2.05, 4.69) is 25.3 Å². The van der Waals surface area contributed by atoms with E-state index in [9.17, 15) is 0 Å². The predicted molar refractivity (Wildman–Crippen MR) is 59.7 cm³/mol. The van der Waals surface area contributed by atoms with E-state index in [0.29, 0.717) is 0 Å². The van der Waals surface area contributed by atoms with Crippen molar-refractivity contribution in [2.75, 3.05) is 37.1 Å². The van der Waals surface area contributed by atoms with Gasteiger partial charge in [-0.2, -0.15) is 0 Å². The van der Waals surface area contributed by atoms with Crippen LogP contribution in [-0.4, -0.2) is 47.0 Å². The number of piperazine rings is 1. The molecule has 1 saturated heterocycles. The van der Waals surface area contributed by atoms with E-state index < -0.39 is 0 Å². The molecule has 0 amide bonds. The maximum absolute atomic E-state index is 4.27. The van der Waals surface area contributed by atoms with Crippen LogP contribution in [0.15, 0.2) is 17.6 Å². The molecule has 0 aromatic carbocycles. The van der Waals surface area contributed by atoms with Gasteiger partial charge in [-0.05, 0) is 0 Å². The van der Waals surface area contributed by atoms with Gasteiger partial charge in [0.15, 0.2) is 0 Å². The first-order chi connectivity index (χ1) is 7.45. The maximum Gasteiger partial charge on any atom is 0.126 e. The summed E-state index contributed by atoms with van der Waals surface area (Å²) in [6, 6.07) is 0. The van der Waals surface area contributed by atoms with Crippen molar-refractivity contribution < 1.29 is 0 Å². The summed E-state index contributed by atoms with van der Waals surface area (Å²) in [5, 5.41) is 9.12. The molecule has 1 N–H and O–H groups in total. The second-order valence-electron chi connectivity index (χ2n) is 3.59. The number of aromatic nitrogens is 2. The molecule has 15 heavy (non-hydrogen) atoms. The van der Waals surface area contributed by atoms with Crippen molar-refractivity contribution in [1.82, 2.24) is 20.3 Å². The fraction of sp³-hybridized carbons (Fsp3) is 0.556. The molecular formula is C9H13N5S. The quantitative estimate of drug-likeness (QED) is 0.685. The van der Waals surface area contributed by atoms with Crippen molar-refractivity contribution in [1.29, 1.82) is 0 Å². The zero-order valence-corrected chi connectivity index (χ0v) is 9.20. The smallest absolute Gasteiger partial charge is 0.126 e. The largest absolute Gasteiger partial charge is 0.314 e. The monoisotopic (exact) mass is 223 g/mol. The molecule has 2 aliphatic heterocycles. The van der Waals surface area contributed by atoms with E-state index in [1.807, 2.05) is 6.20 Å². The minimum absolute atomic E-state index is 0.966. The van der Waals surface area contributed by atoms with Crippen molar-refractivity contribution in [3.63, 3.8) is 0 Å². The molecule has 0 atom stereocenters. The molecule has 1 aromatic rings. The molecule has 1 fully saturated rings. The molecule has 0 radical (unpaired) electrons. The van der Waals surface area contributed by atoms with Crippen LogP contribution in [0.1, 0.15) is 0 Å². The lowest BCUT2D eigenvalue weighted by Gasteiger charge is -2.35. The second kappa shape index (κ2) is 3.96. The Balaban J connectivity index is 1.83. The summed E-state index contributed by atoms with van der Waals surface area (Å²) < 4.78 is 0. The van der Waals surface area contributed by atoms with E-state index in [0.717, 1.165) is 42.8 Å². The number of rotatable bonds is 1. The summed E-state index contributed by atoms with van der Waals surface area (Å²) in [4.78, 5) is 8.37. The van der Waals surface area contributed by atoms with E-state index in [1.165, 1.54) is 0 Å². The Kier molecular flexibility index (Phi) is 2.47. The minimum atomic E-state index is 0.966. The van der Waals surface area contributed by atoms with Crippen LogP contribution in [0.3, 0.4) is 0 Å². The van der Waals surface area contributed by atoms with Crippen molar-refractivity contribution in [3.05, 3.63) is 12.5 Å². The lowest BCUT2D eigenvalue weighted by Crippen LogP contribution is -2.51. The topological polar surface area (TPSA) is 44.3 Å². The number of thioether (sulfide) groups is 1. The first kappa shape index (κ1) is 9.38. The third kappa shape index (κ3) is 1.68. The Bertz CT molecular complexity index is 352. The van der Waals surface area contributed by atoms with Crippen LogP contribution in [0, 0.1) is 0 Å². The number of hydrogen-bond donors (Lipinski definition) is 1. The van der Waals surface area contributed by atoms with Gasteiger partial charge < -0.3 is 5.32 Å². The summed E-state index contributed by atoms with van der Waals surface area (Å²) in [7, 11) is 0. The second-order valence-corrected chi connectivity index (χ2v) is 4.52. The average Bonchev–Trinajstić information content (AvgIpc) is 2.74. The molecule has 0 bridgehead atoms. The van der Waals surface area contributed by atoms with Crippen molar-refractivity contribution >= 4 is 17.4 Å². The molecule has 80 valence electrons. The first-order valence-electron chi connectivity index (χ1n) is 5.11. The van der Waals surface area contributed by atoms with Crippen molar-refractivity contribution in [3.8, 4) is 0 Å². The van der Waals surface area contributed by atoms with Gasteiger partial charge in [0, 0.05) is 26.2 Å². The lowest BCUT2D eigenvalue weighted by molar-refractivity contribution is 0.230. The first-order valence-corrected chi connectivity index (χ1v) is 6.09. The number of hydrogen-bond acceptors (Lipinski definition) is 6. The summed E-state index contributed by atoms with van der Waals surface area (Å²) in [5.41, 5.74) is 1.16. The molecule has 1 aromatic heterocycles. The van der Waals surface area contributed by atoms with Crippen molar-refractivity contribution in [2.45, 2.75) is 5.03 Å². The molecule has 5 nitrogen and oxygen atoms in total. The summed E-state index contributed by atoms with van der Waals surface area (Å²) >= 11 is 1.78. The van der Waals surface area contributed by atoms with E-state index in [4.69, 9.17) is 0 Å². The highest BCUT2D eigenvalue weighted by Gasteiger charge is 2.26. The van der Waals surface area contributed by atoms with Crippen LogP contribution in [-0.2, 0) is 0 Å². The van der Waals surface area contributed by atoms with Gasteiger partial charge in [0.05, 0.1) is 12.1 Å². The third-order valence-corrected chi connectivity index (χ3v) is 3.66. The molecule has 0 spiro atoms. The number of nitrogens with zero attached hydrogens (tertiary/aromatic N) is 4.